The van der Waals surface area contributed by atoms with E-state index in [4.69, 9.17) is 11.5 Å². The standard InChI is InChI=1S/C9H9F3N4O/c10-7-2-1-6(17-8(11)12)3-5(7)4-15-16-9(13)14/h1-4,8H,(H4,13,14,16). The number of hydrogen-bond acceptors (Lipinski definition) is 3. The third-order valence-electron chi connectivity index (χ3n) is 1.56. The van der Waals surface area contributed by atoms with E-state index in [9.17, 15) is 13.2 Å². The lowest BCUT2D eigenvalue weighted by Crippen LogP contribution is -2.21. The molecule has 0 bridgehead atoms. The van der Waals surface area contributed by atoms with Crippen LogP contribution in [0.1, 0.15) is 5.56 Å². The summed E-state index contributed by atoms with van der Waals surface area (Å²) in [5.74, 6) is -1.16. The largest absolute Gasteiger partial charge is 0.435 e. The molecule has 1 aromatic carbocycles. The highest BCUT2D eigenvalue weighted by Gasteiger charge is 2.07. The van der Waals surface area contributed by atoms with Gasteiger partial charge in [0.15, 0.2) is 0 Å². The van der Waals surface area contributed by atoms with Gasteiger partial charge in [0.2, 0.25) is 5.96 Å². The molecule has 8 heteroatoms. The summed E-state index contributed by atoms with van der Waals surface area (Å²) in [6.07, 6.45) is 0.980. The second-order valence-corrected chi connectivity index (χ2v) is 2.83. The fourth-order valence-corrected chi connectivity index (χ4v) is 0.955. The fourth-order valence-electron chi connectivity index (χ4n) is 0.955. The molecule has 0 heterocycles. The molecular formula is C9H9F3N4O. The molecule has 17 heavy (non-hydrogen) atoms. The Balaban J connectivity index is 2.90. The molecule has 0 unspecified atom stereocenters. The minimum atomic E-state index is -2.98. The number of hydrogen-bond donors (Lipinski definition) is 2. The number of halogens is 3. The van der Waals surface area contributed by atoms with Crippen molar-refractivity contribution < 1.29 is 17.9 Å². The molecule has 92 valence electrons. The summed E-state index contributed by atoms with van der Waals surface area (Å²) >= 11 is 0. The zero-order valence-electron chi connectivity index (χ0n) is 8.48. The van der Waals surface area contributed by atoms with E-state index in [1.807, 2.05) is 0 Å². The molecule has 0 spiro atoms. The van der Waals surface area contributed by atoms with Crippen LogP contribution in [-0.2, 0) is 0 Å². The molecule has 0 aromatic heterocycles. The molecule has 0 amide bonds. The average molecular weight is 246 g/mol. The Morgan fingerprint density at radius 1 is 1.35 bits per heavy atom. The van der Waals surface area contributed by atoms with Crippen molar-refractivity contribution in [3.8, 4) is 5.75 Å². The van der Waals surface area contributed by atoms with Gasteiger partial charge in [0.05, 0.1) is 6.21 Å². The topological polar surface area (TPSA) is 86.0 Å². The van der Waals surface area contributed by atoms with Gasteiger partial charge in [0, 0.05) is 5.56 Å². The van der Waals surface area contributed by atoms with Crippen LogP contribution in [0.3, 0.4) is 0 Å². The quantitative estimate of drug-likeness (QED) is 0.472. The van der Waals surface area contributed by atoms with E-state index in [-0.39, 0.29) is 17.3 Å². The van der Waals surface area contributed by atoms with Gasteiger partial charge in [-0.2, -0.15) is 13.9 Å². The van der Waals surface area contributed by atoms with Gasteiger partial charge >= 0.3 is 6.61 Å². The minimum Gasteiger partial charge on any atom is -0.435 e. The van der Waals surface area contributed by atoms with Crippen LogP contribution < -0.4 is 16.2 Å². The maximum absolute atomic E-state index is 13.2. The molecule has 0 atom stereocenters. The SMILES string of the molecule is NC(N)=NN=Cc1cc(OC(F)F)ccc1F. The normalized spacial score (nSPS) is 10.8. The van der Waals surface area contributed by atoms with Crippen molar-refractivity contribution in [1.29, 1.82) is 0 Å². The van der Waals surface area contributed by atoms with E-state index in [0.29, 0.717) is 0 Å². The Hall–Kier alpha value is -2.25. The van der Waals surface area contributed by atoms with Crippen molar-refractivity contribution in [3.63, 3.8) is 0 Å². The molecule has 0 aliphatic rings. The molecule has 1 aromatic rings. The van der Waals surface area contributed by atoms with Crippen LogP contribution in [0.5, 0.6) is 5.75 Å². The number of nitrogens with zero attached hydrogens (tertiary/aromatic N) is 2. The molecule has 4 N–H and O–H groups in total. The van der Waals surface area contributed by atoms with E-state index < -0.39 is 12.4 Å². The predicted molar refractivity (Wildman–Crippen MR) is 56.4 cm³/mol. The van der Waals surface area contributed by atoms with Crippen molar-refractivity contribution in [2.45, 2.75) is 6.61 Å². The minimum absolute atomic E-state index is 0.0758. The third-order valence-corrected chi connectivity index (χ3v) is 1.56. The Morgan fingerprint density at radius 3 is 2.65 bits per heavy atom. The fraction of sp³-hybridized carbons (Fsp3) is 0.111. The molecule has 0 saturated heterocycles. The number of alkyl halides is 2. The van der Waals surface area contributed by atoms with Gasteiger partial charge in [-0.05, 0) is 18.2 Å². The van der Waals surface area contributed by atoms with Gasteiger partial charge in [0.1, 0.15) is 11.6 Å². The first-order valence-corrected chi connectivity index (χ1v) is 4.35. The lowest BCUT2D eigenvalue weighted by Gasteiger charge is -2.04. The summed E-state index contributed by atoms with van der Waals surface area (Å²) in [5, 5.41) is 6.59. The predicted octanol–water partition coefficient (Wildman–Crippen LogP) is 1.03. The van der Waals surface area contributed by atoms with Crippen molar-refractivity contribution in [2.75, 3.05) is 0 Å². The first-order chi connectivity index (χ1) is 7.99. The van der Waals surface area contributed by atoms with Crippen molar-refractivity contribution in [2.24, 2.45) is 21.7 Å². The smallest absolute Gasteiger partial charge is 0.387 e. The number of ether oxygens (including phenoxy) is 1. The highest BCUT2D eigenvalue weighted by molar-refractivity contribution is 5.82. The van der Waals surface area contributed by atoms with E-state index in [1.54, 1.807) is 0 Å². The summed E-state index contributed by atoms with van der Waals surface area (Å²) < 4.78 is 41.1. The van der Waals surface area contributed by atoms with E-state index >= 15 is 0 Å². The molecule has 0 radical (unpaired) electrons. The first kappa shape index (κ1) is 12.8. The summed E-state index contributed by atoms with van der Waals surface area (Å²) in [6.45, 7) is -2.98. The van der Waals surface area contributed by atoms with Crippen LogP contribution in [-0.4, -0.2) is 18.8 Å². The number of benzene rings is 1. The van der Waals surface area contributed by atoms with Gasteiger partial charge in [-0.25, -0.2) is 4.39 Å². The Kier molecular flexibility index (Phi) is 4.32. The Morgan fingerprint density at radius 2 is 2.06 bits per heavy atom. The van der Waals surface area contributed by atoms with Crippen molar-refractivity contribution >= 4 is 12.2 Å². The van der Waals surface area contributed by atoms with Gasteiger partial charge in [0.25, 0.3) is 0 Å². The zero-order valence-corrected chi connectivity index (χ0v) is 8.48. The molecule has 1 rings (SSSR count). The van der Waals surface area contributed by atoms with Gasteiger partial charge < -0.3 is 16.2 Å². The summed E-state index contributed by atoms with van der Waals surface area (Å²) in [4.78, 5) is 0. The lowest BCUT2D eigenvalue weighted by molar-refractivity contribution is -0.0498. The van der Waals surface area contributed by atoms with Gasteiger partial charge in [-0.3, -0.25) is 0 Å². The van der Waals surface area contributed by atoms with Crippen LogP contribution in [0.2, 0.25) is 0 Å². The van der Waals surface area contributed by atoms with Crippen LogP contribution in [0.4, 0.5) is 13.2 Å². The van der Waals surface area contributed by atoms with E-state index in [1.165, 1.54) is 0 Å². The molecule has 0 saturated carbocycles. The zero-order chi connectivity index (χ0) is 12.8. The van der Waals surface area contributed by atoms with Crippen LogP contribution >= 0.6 is 0 Å². The summed E-state index contributed by atoms with van der Waals surface area (Å²) in [7, 11) is 0. The van der Waals surface area contributed by atoms with Crippen LogP contribution in [0.15, 0.2) is 28.4 Å². The van der Waals surface area contributed by atoms with E-state index in [0.717, 1.165) is 24.4 Å². The second-order valence-electron chi connectivity index (χ2n) is 2.83. The molecule has 0 fully saturated rings. The maximum atomic E-state index is 13.2. The monoisotopic (exact) mass is 246 g/mol. The van der Waals surface area contributed by atoms with E-state index in [2.05, 4.69) is 14.9 Å². The van der Waals surface area contributed by atoms with Gasteiger partial charge in [-0.15, -0.1) is 5.10 Å². The molecule has 0 aliphatic heterocycles. The van der Waals surface area contributed by atoms with Crippen molar-refractivity contribution in [3.05, 3.63) is 29.6 Å². The number of rotatable bonds is 4. The summed E-state index contributed by atoms with van der Waals surface area (Å²) in [5.41, 5.74) is 9.90. The Labute approximate surface area is 94.6 Å². The molecular weight excluding hydrogens is 237 g/mol. The first-order valence-electron chi connectivity index (χ1n) is 4.35. The molecule has 0 aliphatic carbocycles. The number of guanidine groups is 1. The highest BCUT2D eigenvalue weighted by Crippen LogP contribution is 2.17. The third kappa shape index (κ3) is 4.41. The second kappa shape index (κ2) is 5.73. The van der Waals surface area contributed by atoms with Gasteiger partial charge in [-0.1, -0.05) is 0 Å². The lowest BCUT2D eigenvalue weighted by atomic mass is 10.2. The average Bonchev–Trinajstić information content (AvgIpc) is 2.21. The van der Waals surface area contributed by atoms with Crippen molar-refractivity contribution in [1.82, 2.24) is 0 Å². The molecule has 5 nitrogen and oxygen atoms in total. The number of nitrogens with two attached hydrogens (primary N) is 2. The highest BCUT2D eigenvalue weighted by atomic mass is 19.3. The maximum Gasteiger partial charge on any atom is 0.387 e. The summed E-state index contributed by atoms with van der Waals surface area (Å²) in [6, 6.07) is 3.08. The Bertz CT molecular complexity index is 444. The van der Waals surface area contributed by atoms with Crippen LogP contribution in [0, 0.1) is 5.82 Å². The van der Waals surface area contributed by atoms with Crippen LogP contribution in [0.25, 0.3) is 0 Å².